The van der Waals surface area contributed by atoms with Crippen LogP contribution in [0.3, 0.4) is 0 Å². The number of imide groups is 1. The molecular weight excluding hydrogens is 378 g/mol. The molecule has 0 atom stereocenters. The van der Waals surface area contributed by atoms with Gasteiger partial charge in [-0.25, -0.2) is 9.80 Å². The van der Waals surface area contributed by atoms with E-state index in [-0.39, 0.29) is 30.0 Å². The minimum absolute atomic E-state index is 0.0350. The summed E-state index contributed by atoms with van der Waals surface area (Å²) >= 11 is 0. The molecule has 1 aliphatic heterocycles. The van der Waals surface area contributed by atoms with Crippen LogP contribution in [0.15, 0.2) is 48.5 Å². The topological polar surface area (TPSA) is 116 Å². The Morgan fingerprint density at radius 1 is 1.03 bits per heavy atom. The van der Waals surface area contributed by atoms with Crippen molar-refractivity contribution in [3.63, 3.8) is 0 Å². The van der Waals surface area contributed by atoms with E-state index in [0.29, 0.717) is 5.56 Å². The summed E-state index contributed by atoms with van der Waals surface area (Å²) in [5.74, 6) is -1.90. The number of nitrogens with one attached hydrogen (secondary N) is 1. The van der Waals surface area contributed by atoms with Gasteiger partial charge in [0.05, 0.1) is 24.3 Å². The van der Waals surface area contributed by atoms with Gasteiger partial charge in [-0.05, 0) is 36.8 Å². The Balaban J connectivity index is 1.87. The number of phenols is 1. The van der Waals surface area contributed by atoms with E-state index in [2.05, 4.69) is 5.32 Å². The van der Waals surface area contributed by atoms with Crippen molar-refractivity contribution in [1.82, 2.24) is 15.3 Å². The van der Waals surface area contributed by atoms with E-state index in [1.807, 2.05) is 0 Å². The van der Waals surface area contributed by atoms with Crippen LogP contribution in [0.1, 0.15) is 33.2 Å². The standard InChI is InChI=1S/C20H19N3O6/c1-2-29-17(25)11-21-20(28)22(12-13-7-9-14(24)10-8-13)23-18(26)15-5-3-4-6-16(15)19(23)27/h3-10,24H,2,11-12H2,1H3,(H,21,28). The number of benzene rings is 2. The zero-order chi connectivity index (χ0) is 21.0. The Bertz CT molecular complexity index is 922. The molecule has 0 saturated carbocycles. The fourth-order valence-electron chi connectivity index (χ4n) is 2.85. The maximum atomic E-state index is 12.8. The maximum Gasteiger partial charge on any atom is 0.337 e. The number of esters is 1. The van der Waals surface area contributed by atoms with Crippen LogP contribution in [0, 0.1) is 0 Å². The number of hydrogen-bond donors (Lipinski definition) is 2. The monoisotopic (exact) mass is 397 g/mol. The van der Waals surface area contributed by atoms with Gasteiger partial charge in [-0.2, -0.15) is 5.01 Å². The summed E-state index contributed by atoms with van der Waals surface area (Å²) in [6.45, 7) is 1.24. The van der Waals surface area contributed by atoms with Crippen LogP contribution in [0.25, 0.3) is 0 Å². The second kappa shape index (κ2) is 8.42. The average Bonchev–Trinajstić information content (AvgIpc) is 2.97. The molecule has 2 aromatic rings. The molecule has 150 valence electrons. The van der Waals surface area contributed by atoms with Gasteiger partial charge in [-0.3, -0.25) is 14.4 Å². The van der Waals surface area contributed by atoms with Gasteiger partial charge in [0.25, 0.3) is 11.8 Å². The summed E-state index contributed by atoms with van der Waals surface area (Å²) in [5.41, 5.74) is 0.934. The van der Waals surface area contributed by atoms with E-state index in [4.69, 9.17) is 4.74 Å². The highest BCUT2D eigenvalue weighted by Crippen LogP contribution is 2.25. The molecular formula is C20H19N3O6. The van der Waals surface area contributed by atoms with Gasteiger partial charge >= 0.3 is 12.0 Å². The highest BCUT2D eigenvalue weighted by atomic mass is 16.5. The summed E-state index contributed by atoms with van der Waals surface area (Å²) in [6, 6.07) is 11.4. The summed E-state index contributed by atoms with van der Waals surface area (Å²) in [6.07, 6.45) is 0. The maximum absolute atomic E-state index is 12.8. The van der Waals surface area contributed by atoms with Crippen LogP contribution < -0.4 is 5.32 Å². The molecule has 0 spiro atoms. The van der Waals surface area contributed by atoms with Crippen molar-refractivity contribution in [1.29, 1.82) is 0 Å². The first kappa shape index (κ1) is 19.9. The smallest absolute Gasteiger partial charge is 0.337 e. The van der Waals surface area contributed by atoms with Crippen molar-refractivity contribution < 1.29 is 29.0 Å². The van der Waals surface area contributed by atoms with E-state index < -0.39 is 30.4 Å². The number of nitrogens with zero attached hydrogens (tertiary/aromatic N) is 2. The summed E-state index contributed by atoms with van der Waals surface area (Å²) in [7, 11) is 0. The molecule has 9 heteroatoms. The molecule has 0 unspecified atom stereocenters. The molecule has 1 aliphatic rings. The molecule has 3 rings (SSSR count). The Morgan fingerprint density at radius 2 is 1.62 bits per heavy atom. The van der Waals surface area contributed by atoms with Crippen molar-refractivity contribution >= 4 is 23.8 Å². The SMILES string of the molecule is CCOC(=O)CNC(=O)N(Cc1ccc(O)cc1)N1C(=O)c2ccccc2C1=O. The number of ether oxygens (including phenoxy) is 1. The van der Waals surface area contributed by atoms with Crippen LogP contribution in [-0.2, 0) is 16.1 Å². The summed E-state index contributed by atoms with van der Waals surface area (Å²) in [5, 5.41) is 13.5. The first-order chi connectivity index (χ1) is 13.9. The Kier molecular flexibility index (Phi) is 5.77. The molecule has 0 radical (unpaired) electrons. The number of carbonyl (C=O) groups is 4. The summed E-state index contributed by atoms with van der Waals surface area (Å²) < 4.78 is 4.77. The van der Waals surface area contributed by atoms with Crippen molar-refractivity contribution in [2.75, 3.05) is 13.2 Å². The number of fused-ring (bicyclic) bond motifs is 1. The number of phenolic OH excluding ortho intramolecular Hbond substituents is 1. The minimum atomic E-state index is -0.819. The van der Waals surface area contributed by atoms with Crippen LogP contribution in [0.2, 0.25) is 0 Å². The predicted octanol–water partition coefficient (Wildman–Crippen LogP) is 1.68. The van der Waals surface area contributed by atoms with Gasteiger partial charge in [-0.15, -0.1) is 0 Å². The Hall–Kier alpha value is -3.88. The first-order valence-electron chi connectivity index (χ1n) is 8.89. The normalized spacial score (nSPS) is 12.5. The van der Waals surface area contributed by atoms with Crippen LogP contribution in [0.4, 0.5) is 4.79 Å². The number of urea groups is 1. The van der Waals surface area contributed by atoms with Crippen LogP contribution in [0.5, 0.6) is 5.75 Å². The lowest BCUT2D eigenvalue weighted by Crippen LogP contribution is -2.53. The highest BCUT2D eigenvalue weighted by molar-refractivity contribution is 6.21. The van der Waals surface area contributed by atoms with Gasteiger partial charge < -0.3 is 15.2 Å². The fourth-order valence-corrected chi connectivity index (χ4v) is 2.85. The molecule has 2 N–H and O–H groups in total. The molecule has 29 heavy (non-hydrogen) atoms. The Morgan fingerprint density at radius 3 is 2.17 bits per heavy atom. The third kappa shape index (κ3) is 4.18. The quantitative estimate of drug-likeness (QED) is 0.566. The molecule has 0 saturated heterocycles. The number of rotatable bonds is 6. The molecule has 2 aromatic carbocycles. The third-order valence-corrected chi connectivity index (χ3v) is 4.21. The van der Waals surface area contributed by atoms with Gasteiger partial charge in [0.15, 0.2) is 0 Å². The van der Waals surface area contributed by atoms with Gasteiger partial charge in [0, 0.05) is 0 Å². The number of aromatic hydroxyl groups is 1. The van der Waals surface area contributed by atoms with Crippen LogP contribution in [-0.4, -0.2) is 52.1 Å². The second-order valence-electron chi connectivity index (χ2n) is 6.16. The molecule has 4 amide bonds. The third-order valence-electron chi connectivity index (χ3n) is 4.21. The van der Waals surface area contributed by atoms with Gasteiger partial charge in [0.1, 0.15) is 12.3 Å². The molecule has 9 nitrogen and oxygen atoms in total. The summed E-state index contributed by atoms with van der Waals surface area (Å²) in [4.78, 5) is 49.9. The number of amides is 4. The number of hydrogen-bond acceptors (Lipinski definition) is 6. The molecule has 0 aliphatic carbocycles. The highest BCUT2D eigenvalue weighted by Gasteiger charge is 2.41. The van der Waals surface area contributed by atoms with Crippen molar-refractivity contribution in [2.24, 2.45) is 0 Å². The van der Waals surface area contributed by atoms with Crippen molar-refractivity contribution in [3.8, 4) is 5.75 Å². The van der Waals surface area contributed by atoms with E-state index in [0.717, 1.165) is 10.0 Å². The molecule has 1 heterocycles. The van der Waals surface area contributed by atoms with Crippen LogP contribution >= 0.6 is 0 Å². The second-order valence-corrected chi connectivity index (χ2v) is 6.16. The number of carbonyl (C=O) groups excluding carboxylic acids is 4. The molecule has 0 bridgehead atoms. The zero-order valence-electron chi connectivity index (χ0n) is 15.6. The van der Waals surface area contributed by atoms with E-state index >= 15 is 0 Å². The van der Waals surface area contributed by atoms with Crippen molar-refractivity contribution in [3.05, 3.63) is 65.2 Å². The fraction of sp³-hybridized carbons (Fsp3) is 0.200. The zero-order valence-corrected chi connectivity index (χ0v) is 15.6. The molecule has 0 aromatic heterocycles. The van der Waals surface area contributed by atoms with E-state index in [9.17, 15) is 24.3 Å². The number of hydrazine groups is 1. The lowest BCUT2D eigenvalue weighted by Gasteiger charge is -2.30. The average molecular weight is 397 g/mol. The Labute approximate surface area is 166 Å². The van der Waals surface area contributed by atoms with Gasteiger partial charge in [0.2, 0.25) is 0 Å². The lowest BCUT2D eigenvalue weighted by molar-refractivity contribution is -0.141. The van der Waals surface area contributed by atoms with E-state index in [1.54, 1.807) is 31.2 Å². The predicted molar refractivity (Wildman–Crippen MR) is 101 cm³/mol. The largest absolute Gasteiger partial charge is 0.508 e. The van der Waals surface area contributed by atoms with E-state index in [1.165, 1.54) is 24.3 Å². The first-order valence-corrected chi connectivity index (χ1v) is 8.89. The minimum Gasteiger partial charge on any atom is -0.508 e. The van der Waals surface area contributed by atoms with Crippen molar-refractivity contribution in [2.45, 2.75) is 13.5 Å². The molecule has 0 fully saturated rings. The lowest BCUT2D eigenvalue weighted by atomic mass is 10.1. The van der Waals surface area contributed by atoms with Gasteiger partial charge in [-0.1, -0.05) is 24.3 Å².